The van der Waals surface area contributed by atoms with Crippen LogP contribution in [0.5, 0.6) is 0 Å². The molecule has 1 aliphatic rings. The molecule has 2 N–H and O–H groups in total. The highest BCUT2D eigenvalue weighted by molar-refractivity contribution is 5.79. The van der Waals surface area contributed by atoms with E-state index in [0.717, 1.165) is 26.2 Å². The van der Waals surface area contributed by atoms with E-state index in [9.17, 15) is 0 Å². The molecule has 0 aromatic heterocycles. The molecule has 0 aromatic carbocycles. The fourth-order valence-electron chi connectivity index (χ4n) is 1.23. The topological polar surface area (TPSA) is 78.7 Å². The molecular formula is C8H14N4O2. The van der Waals surface area contributed by atoms with E-state index in [1.165, 1.54) is 7.11 Å². The molecule has 0 bridgehead atoms. The quantitative estimate of drug-likeness (QED) is 0.279. The predicted octanol–water partition coefficient (Wildman–Crippen LogP) is -0.399. The Kier molecular flexibility index (Phi) is 4.75. The van der Waals surface area contributed by atoms with E-state index in [1.54, 1.807) is 6.19 Å². The molecule has 14 heavy (non-hydrogen) atoms. The lowest BCUT2D eigenvalue weighted by molar-refractivity contribution is 0.140. The Labute approximate surface area is 82.9 Å². The Balaban J connectivity index is 2.25. The molecule has 0 aromatic rings. The van der Waals surface area contributed by atoms with Gasteiger partial charge in [-0.05, 0) is 6.42 Å². The average molecular weight is 198 g/mol. The number of hydrogen-bond acceptors (Lipinski definition) is 4. The van der Waals surface area contributed by atoms with Crippen molar-refractivity contribution in [2.45, 2.75) is 6.42 Å². The van der Waals surface area contributed by atoms with E-state index >= 15 is 0 Å². The normalized spacial score (nSPS) is 21.7. The van der Waals surface area contributed by atoms with Crippen LogP contribution in [0.3, 0.4) is 0 Å². The first-order chi connectivity index (χ1) is 6.86. The molecule has 1 unspecified atom stereocenters. The highest BCUT2D eigenvalue weighted by atomic mass is 16.6. The summed E-state index contributed by atoms with van der Waals surface area (Å²) in [6.45, 7) is 2.31. The van der Waals surface area contributed by atoms with E-state index < -0.39 is 0 Å². The van der Waals surface area contributed by atoms with Gasteiger partial charge in [0.15, 0.2) is 0 Å². The zero-order chi connectivity index (χ0) is 10.2. The summed E-state index contributed by atoms with van der Waals surface area (Å²) in [6.07, 6.45) is 2.72. The van der Waals surface area contributed by atoms with E-state index in [2.05, 4.69) is 20.6 Å². The van der Waals surface area contributed by atoms with Crippen LogP contribution in [0.4, 0.5) is 0 Å². The summed E-state index contributed by atoms with van der Waals surface area (Å²) in [6, 6.07) is 0. The standard InChI is InChI=1S/C8H14N4O2/c1-13-12-8(11-6-9)10-4-7-2-3-14-5-7/h7H,2-5H2,1H3,(H2,10,11,12). The first-order valence-electron chi connectivity index (χ1n) is 4.44. The van der Waals surface area contributed by atoms with Gasteiger partial charge in [-0.3, -0.25) is 4.84 Å². The van der Waals surface area contributed by atoms with Gasteiger partial charge in [-0.25, -0.2) is 5.48 Å². The molecule has 78 valence electrons. The molecular weight excluding hydrogens is 184 g/mol. The number of ether oxygens (including phenoxy) is 1. The average Bonchev–Trinajstić information content (AvgIpc) is 2.67. The van der Waals surface area contributed by atoms with Gasteiger partial charge in [-0.1, -0.05) is 0 Å². The summed E-state index contributed by atoms with van der Waals surface area (Å²) < 4.78 is 5.21. The molecule has 0 saturated carbocycles. The summed E-state index contributed by atoms with van der Waals surface area (Å²) >= 11 is 0. The van der Waals surface area contributed by atoms with Gasteiger partial charge < -0.3 is 10.1 Å². The van der Waals surface area contributed by atoms with Crippen LogP contribution in [0.15, 0.2) is 4.99 Å². The number of nitrogens with one attached hydrogen (secondary N) is 2. The highest BCUT2D eigenvalue weighted by Crippen LogP contribution is 2.10. The smallest absolute Gasteiger partial charge is 0.231 e. The zero-order valence-corrected chi connectivity index (χ0v) is 8.12. The fourth-order valence-corrected chi connectivity index (χ4v) is 1.23. The Morgan fingerprint density at radius 3 is 3.21 bits per heavy atom. The van der Waals surface area contributed by atoms with E-state index in [-0.39, 0.29) is 0 Å². The van der Waals surface area contributed by atoms with Gasteiger partial charge in [-0.15, -0.1) is 4.99 Å². The second-order valence-electron chi connectivity index (χ2n) is 2.98. The van der Waals surface area contributed by atoms with Gasteiger partial charge >= 0.3 is 0 Å². The lowest BCUT2D eigenvalue weighted by Crippen LogP contribution is -2.39. The van der Waals surface area contributed by atoms with Crippen molar-refractivity contribution in [1.29, 1.82) is 5.26 Å². The molecule has 0 spiro atoms. The third kappa shape index (κ3) is 3.60. The fraction of sp³-hybridized carbons (Fsp3) is 0.750. The summed E-state index contributed by atoms with van der Waals surface area (Å²) in [5, 5.41) is 11.3. The van der Waals surface area contributed by atoms with Crippen LogP contribution in [-0.4, -0.2) is 32.8 Å². The molecule has 1 saturated heterocycles. The maximum atomic E-state index is 8.36. The van der Waals surface area contributed by atoms with Crippen LogP contribution in [-0.2, 0) is 9.57 Å². The minimum Gasteiger partial charge on any atom is -0.381 e. The van der Waals surface area contributed by atoms with E-state index in [0.29, 0.717) is 11.9 Å². The number of nitriles is 1. The van der Waals surface area contributed by atoms with Crippen molar-refractivity contribution < 1.29 is 9.57 Å². The van der Waals surface area contributed by atoms with Gasteiger partial charge in [0.05, 0.1) is 13.7 Å². The van der Waals surface area contributed by atoms with Crippen molar-refractivity contribution in [3.05, 3.63) is 0 Å². The van der Waals surface area contributed by atoms with Crippen molar-refractivity contribution in [2.75, 3.05) is 26.9 Å². The van der Waals surface area contributed by atoms with Crippen molar-refractivity contribution >= 4 is 5.96 Å². The van der Waals surface area contributed by atoms with Gasteiger partial charge in [0.1, 0.15) is 0 Å². The number of guanidine groups is 1. The van der Waals surface area contributed by atoms with Gasteiger partial charge in [0.2, 0.25) is 12.2 Å². The number of rotatable bonds is 3. The minimum absolute atomic E-state index is 0.335. The summed E-state index contributed by atoms with van der Waals surface area (Å²) in [7, 11) is 1.47. The maximum Gasteiger partial charge on any atom is 0.231 e. The SMILES string of the molecule is CON/C(=N\C#N)NCC1CCOC1. The minimum atomic E-state index is 0.335. The molecule has 6 heteroatoms. The highest BCUT2D eigenvalue weighted by Gasteiger charge is 2.15. The molecule has 1 heterocycles. The third-order valence-corrected chi connectivity index (χ3v) is 1.94. The molecule has 1 fully saturated rings. The van der Waals surface area contributed by atoms with Gasteiger partial charge in [0.25, 0.3) is 0 Å². The van der Waals surface area contributed by atoms with Crippen LogP contribution >= 0.6 is 0 Å². The second-order valence-corrected chi connectivity index (χ2v) is 2.98. The lowest BCUT2D eigenvalue weighted by atomic mass is 10.1. The first kappa shape index (κ1) is 10.8. The molecule has 0 aliphatic carbocycles. The largest absolute Gasteiger partial charge is 0.381 e. The summed E-state index contributed by atoms with van der Waals surface area (Å²) in [5.74, 6) is 0.819. The monoisotopic (exact) mass is 198 g/mol. The Morgan fingerprint density at radius 2 is 2.64 bits per heavy atom. The Bertz CT molecular complexity index is 230. The molecule has 6 nitrogen and oxygen atoms in total. The van der Waals surface area contributed by atoms with Gasteiger partial charge in [0, 0.05) is 19.1 Å². The van der Waals surface area contributed by atoms with E-state index in [1.807, 2.05) is 0 Å². The Hall–Kier alpha value is -1.32. The lowest BCUT2D eigenvalue weighted by Gasteiger charge is -2.11. The third-order valence-electron chi connectivity index (χ3n) is 1.94. The predicted molar refractivity (Wildman–Crippen MR) is 50.1 cm³/mol. The second kappa shape index (κ2) is 6.18. The van der Waals surface area contributed by atoms with Crippen molar-refractivity contribution in [2.24, 2.45) is 10.9 Å². The van der Waals surface area contributed by atoms with Crippen LogP contribution < -0.4 is 10.8 Å². The maximum absolute atomic E-state index is 8.36. The Morgan fingerprint density at radius 1 is 1.79 bits per heavy atom. The van der Waals surface area contributed by atoms with Gasteiger partial charge in [-0.2, -0.15) is 5.26 Å². The number of aliphatic imine (C=N–C) groups is 1. The van der Waals surface area contributed by atoms with Crippen molar-refractivity contribution in [1.82, 2.24) is 10.8 Å². The van der Waals surface area contributed by atoms with Crippen LogP contribution in [0.25, 0.3) is 0 Å². The number of nitrogens with zero attached hydrogens (tertiary/aromatic N) is 2. The molecule has 1 rings (SSSR count). The molecule has 1 aliphatic heterocycles. The number of hydrogen-bond donors (Lipinski definition) is 2. The first-order valence-corrected chi connectivity index (χ1v) is 4.44. The van der Waals surface area contributed by atoms with Crippen LogP contribution in [0.2, 0.25) is 0 Å². The molecule has 1 atom stereocenters. The van der Waals surface area contributed by atoms with E-state index in [4.69, 9.17) is 10.00 Å². The molecule has 0 amide bonds. The zero-order valence-electron chi connectivity index (χ0n) is 8.12. The number of hydroxylamine groups is 1. The summed E-state index contributed by atoms with van der Waals surface area (Å²) in [4.78, 5) is 8.16. The van der Waals surface area contributed by atoms with Crippen LogP contribution in [0, 0.1) is 17.4 Å². The summed E-state index contributed by atoms with van der Waals surface area (Å²) in [5.41, 5.74) is 2.48. The van der Waals surface area contributed by atoms with Crippen LogP contribution in [0.1, 0.15) is 6.42 Å². The van der Waals surface area contributed by atoms with Crippen molar-refractivity contribution in [3.63, 3.8) is 0 Å². The molecule has 0 radical (unpaired) electrons. The van der Waals surface area contributed by atoms with Crippen molar-refractivity contribution in [3.8, 4) is 6.19 Å².